The average molecular weight is 402 g/mol. The molecule has 30 heavy (non-hydrogen) atoms. The van der Waals surface area contributed by atoms with Crippen LogP contribution >= 0.6 is 0 Å². The monoisotopic (exact) mass is 402 g/mol. The molecule has 0 unspecified atom stereocenters. The lowest BCUT2D eigenvalue weighted by atomic mass is 10.1. The number of nitrogens with zero attached hydrogens (tertiary/aromatic N) is 1. The first-order valence-electron chi connectivity index (χ1n) is 9.21. The van der Waals surface area contributed by atoms with E-state index in [9.17, 15) is 19.2 Å². The Kier molecular flexibility index (Phi) is 4.67. The molecule has 3 aromatic rings. The van der Waals surface area contributed by atoms with Crippen LogP contribution in [-0.2, 0) is 6.54 Å². The van der Waals surface area contributed by atoms with Crippen molar-refractivity contribution in [3.8, 4) is 5.69 Å². The van der Waals surface area contributed by atoms with Crippen molar-refractivity contribution in [3.05, 3.63) is 92.8 Å². The molecule has 3 amide bonds. The number of hydrogen-bond donors (Lipinski definition) is 3. The molecule has 2 aromatic carbocycles. The van der Waals surface area contributed by atoms with Gasteiger partial charge in [0, 0.05) is 12.6 Å². The van der Waals surface area contributed by atoms with Gasteiger partial charge in [-0.3, -0.25) is 29.1 Å². The second-order valence-corrected chi connectivity index (χ2v) is 6.96. The third-order valence-corrected chi connectivity index (χ3v) is 4.88. The third kappa shape index (κ3) is 3.24. The van der Waals surface area contributed by atoms with Crippen LogP contribution in [0, 0.1) is 6.92 Å². The molecular formula is C22H18N4O4. The molecule has 0 radical (unpaired) electrons. The number of benzene rings is 2. The molecule has 1 aliphatic rings. The van der Waals surface area contributed by atoms with Crippen molar-refractivity contribution in [2.24, 2.45) is 0 Å². The molecule has 4 rings (SSSR count). The largest absolute Gasteiger partial charge is 0.384 e. The number of rotatable bonds is 4. The zero-order valence-electron chi connectivity index (χ0n) is 16.1. The van der Waals surface area contributed by atoms with Crippen molar-refractivity contribution in [2.45, 2.75) is 13.5 Å². The number of amides is 3. The fourth-order valence-corrected chi connectivity index (χ4v) is 3.49. The standard InChI is InChI=1S/C22H18N4O4/c1-12-5-4-6-13(9-12)11-24-20(28)14-7-2-3-8-16(14)26-17(27)10-15-18(19(26)23)22(30)25-21(15)29/h2-10H,11,23H2,1H3,(H,24,28)(H,25,29,30). The zero-order chi connectivity index (χ0) is 21.4. The first kappa shape index (κ1) is 19.1. The van der Waals surface area contributed by atoms with Crippen LogP contribution in [0.25, 0.3) is 5.69 Å². The molecule has 0 saturated carbocycles. The minimum absolute atomic E-state index is 0.0693. The van der Waals surface area contributed by atoms with Crippen LogP contribution in [0.1, 0.15) is 42.2 Å². The molecule has 0 saturated heterocycles. The molecule has 0 fully saturated rings. The van der Waals surface area contributed by atoms with Crippen molar-refractivity contribution in [2.75, 3.05) is 5.73 Å². The lowest BCUT2D eigenvalue weighted by Crippen LogP contribution is -2.28. The van der Waals surface area contributed by atoms with E-state index in [4.69, 9.17) is 5.73 Å². The lowest BCUT2D eigenvalue weighted by molar-refractivity contribution is 0.0878. The number of para-hydroxylation sites is 1. The van der Waals surface area contributed by atoms with Crippen LogP contribution < -0.4 is 21.9 Å². The Morgan fingerprint density at radius 3 is 2.57 bits per heavy atom. The number of nitrogens with two attached hydrogens (primary N) is 1. The quantitative estimate of drug-likeness (QED) is 0.571. The van der Waals surface area contributed by atoms with Gasteiger partial charge in [-0.1, -0.05) is 42.0 Å². The number of nitrogens with one attached hydrogen (secondary N) is 2. The SMILES string of the molecule is Cc1cccc(CNC(=O)c2ccccc2-n2c(N)c3c(cc2=O)C(=O)NC3=O)c1. The number of pyridine rings is 1. The normalized spacial score (nSPS) is 12.4. The smallest absolute Gasteiger partial charge is 0.262 e. The van der Waals surface area contributed by atoms with E-state index in [1.54, 1.807) is 24.3 Å². The Bertz CT molecular complexity index is 1280. The molecule has 0 atom stereocenters. The Balaban J connectivity index is 1.73. The van der Waals surface area contributed by atoms with Gasteiger partial charge >= 0.3 is 0 Å². The highest BCUT2D eigenvalue weighted by atomic mass is 16.2. The topological polar surface area (TPSA) is 123 Å². The number of anilines is 1. The summed E-state index contributed by atoms with van der Waals surface area (Å²) in [4.78, 5) is 49.5. The Hall–Kier alpha value is -4.20. The van der Waals surface area contributed by atoms with Crippen molar-refractivity contribution in [1.29, 1.82) is 0 Å². The molecule has 1 aromatic heterocycles. The van der Waals surface area contributed by atoms with E-state index in [0.717, 1.165) is 21.8 Å². The molecule has 0 aliphatic carbocycles. The molecule has 2 heterocycles. The van der Waals surface area contributed by atoms with Gasteiger partial charge in [-0.25, -0.2) is 0 Å². The predicted molar refractivity (Wildman–Crippen MR) is 111 cm³/mol. The van der Waals surface area contributed by atoms with Gasteiger partial charge in [0.25, 0.3) is 23.3 Å². The van der Waals surface area contributed by atoms with E-state index < -0.39 is 23.3 Å². The number of hydrogen-bond acceptors (Lipinski definition) is 5. The summed E-state index contributed by atoms with van der Waals surface area (Å²) < 4.78 is 1.07. The minimum Gasteiger partial charge on any atom is -0.384 e. The zero-order valence-corrected chi connectivity index (χ0v) is 16.1. The van der Waals surface area contributed by atoms with Gasteiger partial charge in [0.1, 0.15) is 5.82 Å². The van der Waals surface area contributed by atoms with Gasteiger partial charge in [0.05, 0.1) is 22.4 Å². The molecular weight excluding hydrogens is 384 g/mol. The number of aryl methyl sites for hydroxylation is 1. The van der Waals surface area contributed by atoms with Gasteiger partial charge in [-0.15, -0.1) is 0 Å². The van der Waals surface area contributed by atoms with Gasteiger partial charge in [-0.05, 0) is 24.6 Å². The van der Waals surface area contributed by atoms with Crippen molar-refractivity contribution in [1.82, 2.24) is 15.2 Å². The Morgan fingerprint density at radius 1 is 1.03 bits per heavy atom. The fourth-order valence-electron chi connectivity index (χ4n) is 3.49. The molecule has 1 aliphatic heterocycles. The molecule has 0 spiro atoms. The highest BCUT2D eigenvalue weighted by Gasteiger charge is 2.32. The lowest BCUT2D eigenvalue weighted by Gasteiger charge is -2.15. The van der Waals surface area contributed by atoms with Gasteiger partial charge in [-0.2, -0.15) is 0 Å². The fraction of sp³-hybridized carbons (Fsp3) is 0.0909. The van der Waals surface area contributed by atoms with E-state index in [1.165, 1.54) is 0 Å². The summed E-state index contributed by atoms with van der Waals surface area (Å²) in [6.45, 7) is 2.27. The second kappa shape index (κ2) is 7.32. The van der Waals surface area contributed by atoms with Crippen LogP contribution in [0.2, 0.25) is 0 Å². The highest BCUT2D eigenvalue weighted by molar-refractivity contribution is 6.23. The molecule has 150 valence electrons. The average Bonchev–Trinajstić information content (AvgIpc) is 3.00. The van der Waals surface area contributed by atoms with Crippen molar-refractivity contribution >= 4 is 23.5 Å². The predicted octanol–water partition coefficient (Wildman–Crippen LogP) is 1.54. The maximum atomic E-state index is 12.9. The van der Waals surface area contributed by atoms with Crippen LogP contribution in [0.4, 0.5) is 5.82 Å². The molecule has 8 heteroatoms. The first-order chi connectivity index (χ1) is 14.4. The molecule has 8 nitrogen and oxygen atoms in total. The van der Waals surface area contributed by atoms with E-state index in [0.29, 0.717) is 6.54 Å². The number of fused-ring (bicyclic) bond motifs is 1. The Morgan fingerprint density at radius 2 is 1.80 bits per heavy atom. The van der Waals surface area contributed by atoms with Gasteiger partial charge < -0.3 is 11.1 Å². The second-order valence-electron chi connectivity index (χ2n) is 6.96. The van der Waals surface area contributed by atoms with E-state index in [2.05, 4.69) is 10.6 Å². The van der Waals surface area contributed by atoms with E-state index in [-0.39, 0.29) is 28.2 Å². The van der Waals surface area contributed by atoms with Crippen molar-refractivity contribution < 1.29 is 14.4 Å². The van der Waals surface area contributed by atoms with Crippen LogP contribution in [0.15, 0.2) is 59.4 Å². The summed E-state index contributed by atoms with van der Waals surface area (Å²) in [6, 6.07) is 15.2. The van der Waals surface area contributed by atoms with Gasteiger partial charge in [0.15, 0.2) is 0 Å². The summed E-state index contributed by atoms with van der Waals surface area (Å²) in [5.41, 5.74) is 7.77. The van der Waals surface area contributed by atoms with Gasteiger partial charge in [0.2, 0.25) is 0 Å². The van der Waals surface area contributed by atoms with Crippen LogP contribution in [0.5, 0.6) is 0 Å². The summed E-state index contributed by atoms with van der Waals surface area (Å²) in [5.74, 6) is -1.95. The molecule has 0 bridgehead atoms. The summed E-state index contributed by atoms with van der Waals surface area (Å²) in [6.07, 6.45) is 0. The number of imide groups is 1. The Labute approximate surface area is 171 Å². The van der Waals surface area contributed by atoms with Crippen LogP contribution in [-0.4, -0.2) is 22.3 Å². The maximum Gasteiger partial charge on any atom is 0.262 e. The van der Waals surface area contributed by atoms with E-state index in [1.807, 2.05) is 31.2 Å². The number of carbonyl (C=O) groups is 3. The highest BCUT2D eigenvalue weighted by Crippen LogP contribution is 2.24. The van der Waals surface area contributed by atoms with Crippen LogP contribution in [0.3, 0.4) is 0 Å². The van der Waals surface area contributed by atoms with E-state index >= 15 is 0 Å². The maximum absolute atomic E-state index is 12.9. The summed E-state index contributed by atoms with van der Waals surface area (Å²) >= 11 is 0. The number of carbonyl (C=O) groups excluding carboxylic acids is 3. The first-order valence-corrected chi connectivity index (χ1v) is 9.21. The minimum atomic E-state index is -0.678. The number of aromatic nitrogens is 1. The third-order valence-electron chi connectivity index (χ3n) is 4.88. The summed E-state index contributed by atoms with van der Waals surface area (Å²) in [7, 11) is 0. The summed E-state index contributed by atoms with van der Waals surface area (Å²) in [5, 5.41) is 4.95. The molecule has 4 N–H and O–H groups in total. The number of nitrogen functional groups attached to an aromatic ring is 1. The van der Waals surface area contributed by atoms with Crippen molar-refractivity contribution in [3.63, 3.8) is 0 Å².